The number of ether oxygens (including phenoxy) is 3. The quantitative estimate of drug-likeness (QED) is 0.878. The van der Waals surface area contributed by atoms with Crippen molar-refractivity contribution in [3.8, 4) is 22.6 Å². The second kappa shape index (κ2) is 6.56. The number of carbonyl (C=O) groups excluding carboxylic acids is 1. The Bertz CT molecular complexity index is 834. The fourth-order valence-corrected chi connectivity index (χ4v) is 3.59. The third-order valence-corrected chi connectivity index (χ3v) is 4.84. The molecule has 2 aromatic rings. The van der Waals surface area contributed by atoms with Crippen molar-refractivity contribution < 1.29 is 19.0 Å². The van der Waals surface area contributed by atoms with E-state index in [0.717, 1.165) is 39.3 Å². The summed E-state index contributed by atoms with van der Waals surface area (Å²) < 4.78 is 16.8. The van der Waals surface area contributed by atoms with Gasteiger partial charge in [0, 0.05) is 11.0 Å². The summed E-state index contributed by atoms with van der Waals surface area (Å²) in [4.78, 5) is 11.3. The van der Waals surface area contributed by atoms with Gasteiger partial charge < -0.3 is 19.9 Å². The molecule has 0 fully saturated rings. The molecule has 0 aliphatic carbocycles. The Morgan fingerprint density at radius 1 is 1.15 bits per heavy atom. The van der Waals surface area contributed by atoms with E-state index in [0.29, 0.717) is 6.61 Å². The Balaban J connectivity index is 2.03. The molecular weight excluding hydrogens is 330 g/mol. The maximum absolute atomic E-state index is 11.3. The van der Waals surface area contributed by atoms with Crippen LogP contribution in [0, 0.1) is 19.3 Å². The van der Waals surface area contributed by atoms with Crippen LogP contribution in [0.4, 0.5) is 4.79 Å². The first kappa shape index (κ1) is 18.1. The van der Waals surface area contributed by atoms with Crippen LogP contribution in [0.25, 0.3) is 11.1 Å². The highest BCUT2D eigenvalue weighted by atomic mass is 16.6. The number of amides is 1. The van der Waals surface area contributed by atoms with Crippen LogP contribution in [0.5, 0.6) is 11.5 Å². The Morgan fingerprint density at radius 2 is 1.81 bits per heavy atom. The summed E-state index contributed by atoms with van der Waals surface area (Å²) in [6.07, 6.45) is -1.21. The number of fused-ring (bicyclic) bond motifs is 1. The normalized spacial score (nSPS) is 17.8. The highest BCUT2D eigenvalue weighted by Crippen LogP contribution is 2.46. The van der Waals surface area contributed by atoms with Crippen LogP contribution in [-0.2, 0) is 4.74 Å². The number of carbonyl (C=O) groups is 1. The molecule has 3 rings (SSSR count). The van der Waals surface area contributed by atoms with Gasteiger partial charge in [-0.1, -0.05) is 26.0 Å². The van der Waals surface area contributed by atoms with Gasteiger partial charge in [-0.25, -0.2) is 4.79 Å². The Kier molecular flexibility index (Phi) is 4.57. The minimum absolute atomic E-state index is 0.350. The molecule has 26 heavy (non-hydrogen) atoms. The van der Waals surface area contributed by atoms with Crippen molar-refractivity contribution in [2.75, 3.05) is 13.7 Å². The van der Waals surface area contributed by atoms with Gasteiger partial charge >= 0.3 is 6.09 Å². The second-order valence-corrected chi connectivity index (χ2v) is 7.49. The zero-order valence-electron chi connectivity index (χ0n) is 15.9. The number of benzene rings is 2. The van der Waals surface area contributed by atoms with E-state index in [-0.39, 0.29) is 5.41 Å². The van der Waals surface area contributed by atoms with E-state index >= 15 is 0 Å². The highest BCUT2D eigenvalue weighted by Gasteiger charge is 2.40. The number of hydrogen-bond donors (Lipinski definition) is 1. The van der Waals surface area contributed by atoms with Crippen molar-refractivity contribution in [1.82, 2.24) is 0 Å². The molecule has 0 aromatic heterocycles. The summed E-state index contributed by atoms with van der Waals surface area (Å²) in [6.45, 7) is 8.50. The van der Waals surface area contributed by atoms with E-state index < -0.39 is 12.2 Å². The predicted molar refractivity (Wildman–Crippen MR) is 101 cm³/mol. The fourth-order valence-electron chi connectivity index (χ4n) is 3.59. The summed E-state index contributed by atoms with van der Waals surface area (Å²) in [6, 6.07) is 10.1. The molecule has 0 spiro atoms. The smallest absolute Gasteiger partial charge is 0.405 e. The van der Waals surface area contributed by atoms with Gasteiger partial charge in [0.05, 0.1) is 13.7 Å². The summed E-state index contributed by atoms with van der Waals surface area (Å²) in [5.74, 6) is 1.62. The zero-order chi connectivity index (χ0) is 19.1. The van der Waals surface area contributed by atoms with Crippen LogP contribution in [0.2, 0.25) is 0 Å². The molecule has 1 unspecified atom stereocenters. The largest absolute Gasteiger partial charge is 0.496 e. The van der Waals surface area contributed by atoms with E-state index in [1.807, 2.05) is 45.9 Å². The highest BCUT2D eigenvalue weighted by molar-refractivity contribution is 5.70. The molecule has 2 N–H and O–H groups in total. The van der Waals surface area contributed by atoms with Gasteiger partial charge in [0.1, 0.15) is 17.6 Å². The summed E-state index contributed by atoms with van der Waals surface area (Å²) in [7, 11) is 1.68. The minimum atomic E-state index is -0.776. The predicted octanol–water partition coefficient (Wildman–Crippen LogP) is 4.53. The SMILES string of the molecule is COc1c(C)cc(-c2ccc3c(c2)OCC(C)(C)C3OC(N)=O)cc1C. The van der Waals surface area contributed by atoms with E-state index in [1.54, 1.807) is 7.11 Å². The number of nitrogens with two attached hydrogens (primary N) is 1. The summed E-state index contributed by atoms with van der Waals surface area (Å²) in [5.41, 5.74) is 10.0. The molecule has 0 radical (unpaired) electrons. The van der Waals surface area contributed by atoms with Gasteiger partial charge in [-0.05, 0) is 54.3 Å². The molecule has 5 nitrogen and oxygen atoms in total. The molecular formula is C21H25NO4. The fraction of sp³-hybridized carbons (Fsp3) is 0.381. The van der Waals surface area contributed by atoms with E-state index in [2.05, 4.69) is 12.1 Å². The van der Waals surface area contributed by atoms with Crippen molar-refractivity contribution in [3.63, 3.8) is 0 Å². The van der Waals surface area contributed by atoms with Gasteiger partial charge in [-0.2, -0.15) is 0 Å². The van der Waals surface area contributed by atoms with Crippen LogP contribution in [0.1, 0.15) is 36.6 Å². The Labute approximate surface area is 154 Å². The Hall–Kier alpha value is -2.69. The molecule has 5 heteroatoms. The van der Waals surface area contributed by atoms with Crippen LogP contribution in [0.3, 0.4) is 0 Å². The maximum Gasteiger partial charge on any atom is 0.405 e. The lowest BCUT2D eigenvalue weighted by Gasteiger charge is -2.38. The average Bonchev–Trinajstić information content (AvgIpc) is 2.56. The number of primary amides is 1. The van der Waals surface area contributed by atoms with E-state index in [1.165, 1.54) is 0 Å². The second-order valence-electron chi connectivity index (χ2n) is 7.49. The van der Waals surface area contributed by atoms with E-state index in [4.69, 9.17) is 19.9 Å². The molecule has 1 heterocycles. The van der Waals surface area contributed by atoms with Gasteiger partial charge in [0.25, 0.3) is 0 Å². The number of aryl methyl sites for hydroxylation is 2. The number of rotatable bonds is 3. The van der Waals surface area contributed by atoms with Crippen molar-refractivity contribution in [3.05, 3.63) is 47.0 Å². The number of methoxy groups -OCH3 is 1. The molecule has 1 atom stereocenters. The molecule has 1 aliphatic rings. The van der Waals surface area contributed by atoms with Crippen LogP contribution in [-0.4, -0.2) is 19.8 Å². The van der Waals surface area contributed by atoms with Crippen molar-refractivity contribution in [1.29, 1.82) is 0 Å². The number of hydrogen-bond acceptors (Lipinski definition) is 4. The lowest BCUT2D eigenvalue weighted by molar-refractivity contribution is -0.0176. The standard InChI is InChI=1S/C21H25NO4/c1-12-8-15(9-13(2)18(12)24-5)14-6-7-16-17(10-14)25-11-21(3,4)19(16)26-20(22)23/h6-10,19H,11H2,1-5H3,(H2,22,23). The van der Waals surface area contributed by atoms with Crippen molar-refractivity contribution >= 4 is 6.09 Å². The van der Waals surface area contributed by atoms with Gasteiger partial charge in [-0.15, -0.1) is 0 Å². The molecule has 1 aliphatic heterocycles. The van der Waals surface area contributed by atoms with Crippen LogP contribution < -0.4 is 15.2 Å². The molecule has 1 amide bonds. The summed E-state index contributed by atoms with van der Waals surface area (Å²) in [5, 5.41) is 0. The van der Waals surface area contributed by atoms with Gasteiger partial charge in [0.15, 0.2) is 0 Å². The van der Waals surface area contributed by atoms with Crippen molar-refractivity contribution in [2.45, 2.75) is 33.8 Å². The van der Waals surface area contributed by atoms with Gasteiger partial charge in [0.2, 0.25) is 0 Å². The third kappa shape index (κ3) is 3.21. The van der Waals surface area contributed by atoms with Crippen molar-refractivity contribution in [2.24, 2.45) is 11.1 Å². The molecule has 2 aromatic carbocycles. The Morgan fingerprint density at radius 3 is 2.38 bits per heavy atom. The molecule has 138 valence electrons. The molecule has 0 saturated carbocycles. The first-order valence-corrected chi connectivity index (χ1v) is 8.61. The monoisotopic (exact) mass is 355 g/mol. The minimum Gasteiger partial charge on any atom is -0.496 e. The lowest BCUT2D eigenvalue weighted by Crippen LogP contribution is -2.37. The molecule has 0 saturated heterocycles. The first-order valence-electron chi connectivity index (χ1n) is 8.61. The average molecular weight is 355 g/mol. The van der Waals surface area contributed by atoms with Crippen LogP contribution in [0.15, 0.2) is 30.3 Å². The lowest BCUT2D eigenvalue weighted by atomic mass is 9.80. The first-order chi connectivity index (χ1) is 12.2. The molecule has 0 bridgehead atoms. The van der Waals surface area contributed by atoms with Crippen LogP contribution >= 0.6 is 0 Å². The topological polar surface area (TPSA) is 70.8 Å². The van der Waals surface area contributed by atoms with E-state index in [9.17, 15) is 4.79 Å². The summed E-state index contributed by atoms with van der Waals surface area (Å²) >= 11 is 0. The third-order valence-electron chi connectivity index (χ3n) is 4.84. The zero-order valence-corrected chi connectivity index (χ0v) is 15.9. The maximum atomic E-state index is 11.3. The van der Waals surface area contributed by atoms with Gasteiger partial charge in [-0.3, -0.25) is 0 Å².